The summed E-state index contributed by atoms with van der Waals surface area (Å²) in [5.74, 6) is 1.51. The zero-order chi connectivity index (χ0) is 16.1. The fourth-order valence-electron chi connectivity index (χ4n) is 2.18. The third-order valence-corrected chi connectivity index (χ3v) is 3.41. The largest absolute Gasteiger partial charge is 0.382 e. The Morgan fingerprint density at radius 1 is 1.13 bits per heavy atom. The second-order valence-corrected chi connectivity index (χ2v) is 5.08. The zero-order valence-corrected chi connectivity index (χ0v) is 13.2. The van der Waals surface area contributed by atoms with Gasteiger partial charge in [-0.05, 0) is 24.6 Å². The van der Waals surface area contributed by atoms with Crippen molar-refractivity contribution < 1.29 is 9.47 Å². The first kappa shape index (κ1) is 15.4. The van der Waals surface area contributed by atoms with Crippen molar-refractivity contribution in [1.82, 2.24) is 19.6 Å². The van der Waals surface area contributed by atoms with Crippen LogP contribution in [0.25, 0.3) is 5.65 Å². The quantitative estimate of drug-likeness (QED) is 0.675. The van der Waals surface area contributed by atoms with Gasteiger partial charge in [0.05, 0.1) is 19.8 Å². The molecule has 2 aromatic heterocycles. The van der Waals surface area contributed by atoms with Gasteiger partial charge in [-0.3, -0.25) is 4.40 Å². The Balaban J connectivity index is 1.68. The summed E-state index contributed by atoms with van der Waals surface area (Å²) in [4.78, 5) is 4.33. The number of nitrogens with zero attached hydrogens (tertiary/aromatic N) is 4. The standard InChI is InChI=1S/C16H19N5O2/c1-12-19-20-16-15(17-7-8-21(12)16)18-14-5-3-13(4-6-14)11-23-10-9-22-2/h3-8H,9-11H2,1-2H3,(H,17,18). The average molecular weight is 313 g/mol. The maximum Gasteiger partial charge on any atom is 0.204 e. The molecule has 0 aliphatic carbocycles. The Morgan fingerprint density at radius 3 is 2.74 bits per heavy atom. The summed E-state index contributed by atoms with van der Waals surface area (Å²) in [5.41, 5.74) is 2.75. The van der Waals surface area contributed by atoms with Gasteiger partial charge in [-0.25, -0.2) is 4.98 Å². The lowest BCUT2D eigenvalue weighted by Crippen LogP contribution is -2.02. The van der Waals surface area contributed by atoms with Crippen molar-refractivity contribution in [2.75, 3.05) is 25.6 Å². The summed E-state index contributed by atoms with van der Waals surface area (Å²) in [5, 5.41) is 11.5. The van der Waals surface area contributed by atoms with E-state index in [0.717, 1.165) is 17.1 Å². The summed E-state index contributed by atoms with van der Waals surface area (Å²) in [7, 11) is 1.66. The van der Waals surface area contributed by atoms with E-state index in [-0.39, 0.29) is 0 Å². The van der Waals surface area contributed by atoms with Crippen LogP contribution >= 0.6 is 0 Å². The van der Waals surface area contributed by atoms with Crippen molar-refractivity contribution in [2.24, 2.45) is 0 Å². The van der Waals surface area contributed by atoms with Crippen molar-refractivity contribution >= 4 is 17.2 Å². The Kier molecular flexibility index (Phi) is 4.80. The molecule has 0 atom stereocenters. The molecule has 120 valence electrons. The molecule has 7 nitrogen and oxygen atoms in total. The van der Waals surface area contributed by atoms with Crippen LogP contribution < -0.4 is 5.32 Å². The predicted molar refractivity (Wildman–Crippen MR) is 86.8 cm³/mol. The Bertz CT molecular complexity index is 770. The molecule has 7 heteroatoms. The first-order valence-corrected chi connectivity index (χ1v) is 7.37. The number of methoxy groups -OCH3 is 1. The number of benzene rings is 1. The smallest absolute Gasteiger partial charge is 0.204 e. The van der Waals surface area contributed by atoms with E-state index in [2.05, 4.69) is 20.5 Å². The molecule has 23 heavy (non-hydrogen) atoms. The van der Waals surface area contributed by atoms with Crippen LogP contribution in [0.2, 0.25) is 0 Å². The van der Waals surface area contributed by atoms with Crippen molar-refractivity contribution in [3.05, 3.63) is 48.0 Å². The van der Waals surface area contributed by atoms with Crippen molar-refractivity contribution in [1.29, 1.82) is 0 Å². The molecule has 0 unspecified atom stereocenters. The number of aromatic nitrogens is 4. The topological polar surface area (TPSA) is 73.6 Å². The molecule has 0 fully saturated rings. The summed E-state index contributed by atoms with van der Waals surface area (Å²) in [6.07, 6.45) is 3.57. The fourth-order valence-corrected chi connectivity index (χ4v) is 2.18. The van der Waals surface area contributed by atoms with E-state index in [1.807, 2.05) is 41.8 Å². The highest BCUT2D eigenvalue weighted by atomic mass is 16.5. The van der Waals surface area contributed by atoms with Crippen LogP contribution in [-0.2, 0) is 16.1 Å². The predicted octanol–water partition coefficient (Wildman–Crippen LogP) is 2.34. The van der Waals surface area contributed by atoms with Gasteiger partial charge in [-0.15, -0.1) is 10.2 Å². The minimum Gasteiger partial charge on any atom is -0.382 e. The van der Waals surface area contributed by atoms with Gasteiger partial charge in [0.25, 0.3) is 0 Å². The van der Waals surface area contributed by atoms with Gasteiger partial charge in [0.1, 0.15) is 5.82 Å². The van der Waals surface area contributed by atoms with Gasteiger partial charge < -0.3 is 14.8 Å². The van der Waals surface area contributed by atoms with Crippen molar-refractivity contribution in [3.8, 4) is 0 Å². The highest BCUT2D eigenvalue weighted by molar-refractivity contribution is 5.69. The number of hydrogen-bond acceptors (Lipinski definition) is 6. The summed E-state index contributed by atoms with van der Waals surface area (Å²) in [6.45, 7) is 3.67. The minimum atomic E-state index is 0.570. The molecule has 0 radical (unpaired) electrons. The van der Waals surface area contributed by atoms with Gasteiger partial charge in [-0.1, -0.05) is 12.1 Å². The molecule has 1 aromatic carbocycles. The number of hydrogen-bond donors (Lipinski definition) is 1. The number of rotatable bonds is 7. The van der Waals surface area contributed by atoms with Gasteiger partial charge in [-0.2, -0.15) is 0 Å². The monoisotopic (exact) mass is 313 g/mol. The molecule has 0 aliphatic heterocycles. The molecular weight excluding hydrogens is 294 g/mol. The Morgan fingerprint density at radius 2 is 1.96 bits per heavy atom. The van der Waals surface area contributed by atoms with Gasteiger partial charge in [0.2, 0.25) is 5.65 Å². The summed E-state index contributed by atoms with van der Waals surface area (Å²) < 4.78 is 12.3. The molecule has 1 N–H and O–H groups in total. The van der Waals surface area contributed by atoms with Crippen LogP contribution in [0.15, 0.2) is 36.7 Å². The van der Waals surface area contributed by atoms with Gasteiger partial charge in [0.15, 0.2) is 5.82 Å². The van der Waals surface area contributed by atoms with E-state index in [0.29, 0.717) is 31.3 Å². The molecule has 0 amide bonds. The Labute approximate surface area is 134 Å². The molecule has 0 spiro atoms. The van der Waals surface area contributed by atoms with E-state index in [4.69, 9.17) is 9.47 Å². The number of anilines is 2. The lowest BCUT2D eigenvalue weighted by atomic mass is 10.2. The van der Waals surface area contributed by atoms with E-state index < -0.39 is 0 Å². The molecule has 0 bridgehead atoms. The third kappa shape index (κ3) is 3.64. The van der Waals surface area contributed by atoms with E-state index >= 15 is 0 Å². The van der Waals surface area contributed by atoms with Crippen molar-refractivity contribution in [3.63, 3.8) is 0 Å². The van der Waals surface area contributed by atoms with E-state index in [1.165, 1.54) is 0 Å². The lowest BCUT2D eigenvalue weighted by Gasteiger charge is -2.08. The van der Waals surface area contributed by atoms with Gasteiger partial charge >= 0.3 is 0 Å². The fraction of sp³-hybridized carbons (Fsp3) is 0.312. The van der Waals surface area contributed by atoms with Gasteiger partial charge in [0, 0.05) is 25.2 Å². The van der Waals surface area contributed by atoms with Crippen LogP contribution in [0.3, 0.4) is 0 Å². The third-order valence-electron chi connectivity index (χ3n) is 3.41. The zero-order valence-electron chi connectivity index (χ0n) is 13.2. The first-order chi connectivity index (χ1) is 11.3. The summed E-state index contributed by atoms with van der Waals surface area (Å²) in [6, 6.07) is 8.02. The molecule has 3 aromatic rings. The minimum absolute atomic E-state index is 0.570. The maximum atomic E-state index is 5.50. The average Bonchev–Trinajstić information content (AvgIpc) is 2.96. The SMILES string of the molecule is COCCOCc1ccc(Nc2nccn3c(C)nnc23)cc1. The highest BCUT2D eigenvalue weighted by Gasteiger charge is 2.07. The number of ether oxygens (including phenoxy) is 2. The van der Waals surface area contributed by atoms with Crippen LogP contribution in [0, 0.1) is 6.92 Å². The number of aryl methyl sites for hydroxylation is 1. The first-order valence-electron chi connectivity index (χ1n) is 7.37. The lowest BCUT2D eigenvalue weighted by molar-refractivity contribution is 0.0617. The molecular formula is C16H19N5O2. The maximum absolute atomic E-state index is 5.50. The van der Waals surface area contributed by atoms with Crippen LogP contribution in [0.5, 0.6) is 0 Å². The highest BCUT2D eigenvalue weighted by Crippen LogP contribution is 2.19. The second kappa shape index (κ2) is 7.17. The molecule has 0 aliphatic rings. The molecule has 0 saturated carbocycles. The number of nitrogens with one attached hydrogen (secondary N) is 1. The van der Waals surface area contributed by atoms with Crippen LogP contribution in [0.4, 0.5) is 11.5 Å². The van der Waals surface area contributed by atoms with Crippen LogP contribution in [0.1, 0.15) is 11.4 Å². The van der Waals surface area contributed by atoms with Crippen LogP contribution in [-0.4, -0.2) is 39.9 Å². The molecule has 2 heterocycles. The van der Waals surface area contributed by atoms with E-state index in [9.17, 15) is 0 Å². The van der Waals surface area contributed by atoms with E-state index in [1.54, 1.807) is 13.3 Å². The summed E-state index contributed by atoms with van der Waals surface area (Å²) >= 11 is 0. The molecule has 0 saturated heterocycles. The Hall–Kier alpha value is -2.51. The normalized spacial score (nSPS) is 11.0. The van der Waals surface area contributed by atoms with Crippen molar-refractivity contribution in [2.45, 2.75) is 13.5 Å². The number of fused-ring (bicyclic) bond motifs is 1. The molecule has 3 rings (SSSR count). The second-order valence-electron chi connectivity index (χ2n) is 5.08.